The highest BCUT2D eigenvalue weighted by atomic mass is 16.5. The molecule has 4 nitrogen and oxygen atoms in total. The van der Waals surface area contributed by atoms with Gasteiger partial charge in [-0.15, -0.1) is 0 Å². The van der Waals surface area contributed by atoms with Crippen molar-refractivity contribution in [2.24, 2.45) is 5.92 Å². The van der Waals surface area contributed by atoms with Crippen LogP contribution >= 0.6 is 0 Å². The summed E-state index contributed by atoms with van der Waals surface area (Å²) in [7, 11) is 0. The Morgan fingerprint density at radius 2 is 1.75 bits per heavy atom. The maximum absolute atomic E-state index is 12.6. The molecule has 0 spiro atoms. The van der Waals surface area contributed by atoms with E-state index in [2.05, 4.69) is 0 Å². The molecule has 1 fully saturated rings. The molecule has 2 rings (SSSR count). The summed E-state index contributed by atoms with van der Waals surface area (Å²) in [5.74, 6) is -1.09. The van der Waals surface area contributed by atoms with Gasteiger partial charge in [0.15, 0.2) is 11.6 Å². The number of benzene rings is 1. The van der Waals surface area contributed by atoms with Crippen LogP contribution in [0.25, 0.3) is 0 Å². The highest BCUT2D eigenvalue weighted by Gasteiger charge is 2.53. The summed E-state index contributed by atoms with van der Waals surface area (Å²) >= 11 is 0. The average Bonchev–Trinajstić information content (AvgIpc) is 2.42. The molecular weight excluding hydrogens is 254 g/mol. The minimum atomic E-state index is -1.06. The average molecular weight is 275 g/mol. The molecule has 0 amide bonds. The Hall–Kier alpha value is -1.52. The Morgan fingerprint density at radius 3 is 2.30 bits per heavy atom. The molecule has 0 bridgehead atoms. The lowest BCUT2D eigenvalue weighted by Crippen LogP contribution is -2.65. The largest absolute Gasteiger partial charge is 0.313 e. The molecule has 1 aromatic carbocycles. The van der Waals surface area contributed by atoms with Gasteiger partial charge < -0.3 is 5.21 Å². The fraction of sp³-hybridized carbons (Fsp3) is 0.500. The van der Waals surface area contributed by atoms with Crippen LogP contribution in [0.15, 0.2) is 30.3 Å². The molecule has 1 aliphatic rings. The molecule has 20 heavy (non-hydrogen) atoms. The Labute approximate surface area is 119 Å². The second kappa shape index (κ2) is 4.79. The van der Waals surface area contributed by atoms with E-state index in [0.29, 0.717) is 12.0 Å². The van der Waals surface area contributed by atoms with Crippen molar-refractivity contribution in [1.29, 1.82) is 0 Å². The number of piperidine rings is 1. The summed E-state index contributed by atoms with van der Waals surface area (Å²) in [5, 5.41) is 11.3. The van der Waals surface area contributed by atoms with Crippen molar-refractivity contribution in [3.63, 3.8) is 0 Å². The summed E-state index contributed by atoms with van der Waals surface area (Å²) in [6.07, 6.45) is 0.319. The Morgan fingerprint density at radius 1 is 1.20 bits per heavy atom. The third kappa shape index (κ3) is 2.30. The van der Waals surface area contributed by atoms with E-state index in [1.54, 1.807) is 38.1 Å². The Bertz CT molecular complexity index is 534. The van der Waals surface area contributed by atoms with Gasteiger partial charge in [0.05, 0.1) is 11.5 Å². The third-order valence-electron chi connectivity index (χ3n) is 4.10. The number of nitrogens with zero attached hydrogens (tertiary/aromatic N) is 1. The molecule has 0 radical (unpaired) electrons. The summed E-state index contributed by atoms with van der Waals surface area (Å²) in [6, 6.07) is 8.86. The topological polar surface area (TPSA) is 57.6 Å². The Kier molecular flexibility index (Phi) is 3.56. The first-order valence-electron chi connectivity index (χ1n) is 6.81. The van der Waals surface area contributed by atoms with Crippen molar-refractivity contribution >= 4 is 11.6 Å². The van der Waals surface area contributed by atoms with Gasteiger partial charge in [-0.3, -0.25) is 9.59 Å². The van der Waals surface area contributed by atoms with Gasteiger partial charge in [0.25, 0.3) is 0 Å². The lowest BCUT2D eigenvalue weighted by Gasteiger charge is -2.49. The van der Waals surface area contributed by atoms with Crippen LogP contribution in [0.5, 0.6) is 0 Å². The van der Waals surface area contributed by atoms with Crippen LogP contribution < -0.4 is 0 Å². The zero-order chi connectivity index (χ0) is 15.1. The molecule has 1 aliphatic heterocycles. The Balaban J connectivity index is 2.38. The van der Waals surface area contributed by atoms with Crippen LogP contribution in [0, 0.1) is 5.92 Å². The number of hydrogen-bond acceptors (Lipinski definition) is 4. The van der Waals surface area contributed by atoms with Crippen LogP contribution in [0.4, 0.5) is 0 Å². The lowest BCUT2D eigenvalue weighted by molar-refractivity contribution is -0.237. The molecule has 1 aromatic rings. The number of carbonyl (C=O) groups excluding carboxylic acids is 2. The number of carbonyl (C=O) groups is 2. The number of hydrogen-bond donors (Lipinski definition) is 1. The van der Waals surface area contributed by atoms with E-state index in [-0.39, 0.29) is 11.6 Å². The predicted molar refractivity (Wildman–Crippen MR) is 75.7 cm³/mol. The van der Waals surface area contributed by atoms with Gasteiger partial charge in [0.1, 0.15) is 0 Å². The smallest absolute Gasteiger partial charge is 0.173 e. The first-order chi connectivity index (χ1) is 9.18. The maximum atomic E-state index is 12.6. The van der Waals surface area contributed by atoms with Gasteiger partial charge >= 0.3 is 0 Å². The molecule has 1 unspecified atom stereocenters. The van der Waals surface area contributed by atoms with E-state index >= 15 is 0 Å². The van der Waals surface area contributed by atoms with Gasteiger partial charge in [-0.2, -0.15) is 5.06 Å². The van der Waals surface area contributed by atoms with Crippen molar-refractivity contribution in [1.82, 2.24) is 5.06 Å². The van der Waals surface area contributed by atoms with Gasteiger partial charge in [-0.05, 0) is 34.1 Å². The fourth-order valence-corrected chi connectivity index (χ4v) is 2.98. The van der Waals surface area contributed by atoms with Crippen molar-refractivity contribution in [2.75, 3.05) is 0 Å². The van der Waals surface area contributed by atoms with Crippen LogP contribution in [-0.2, 0) is 4.79 Å². The fourth-order valence-electron chi connectivity index (χ4n) is 2.98. The summed E-state index contributed by atoms with van der Waals surface area (Å²) < 4.78 is 0. The molecule has 4 heteroatoms. The summed E-state index contributed by atoms with van der Waals surface area (Å²) in [4.78, 5) is 25.1. The second-order valence-corrected chi connectivity index (χ2v) is 6.53. The third-order valence-corrected chi connectivity index (χ3v) is 4.10. The van der Waals surface area contributed by atoms with Crippen molar-refractivity contribution in [3.8, 4) is 0 Å². The summed E-state index contributed by atoms with van der Waals surface area (Å²) in [5.41, 5.74) is -1.13. The minimum Gasteiger partial charge on any atom is -0.313 e. The molecular formula is C16H21NO3. The van der Waals surface area contributed by atoms with Gasteiger partial charge in [-0.25, -0.2) is 0 Å². The van der Waals surface area contributed by atoms with E-state index in [4.69, 9.17) is 0 Å². The zero-order valence-corrected chi connectivity index (χ0v) is 12.4. The number of rotatable bonds is 2. The minimum absolute atomic E-state index is 0.162. The maximum Gasteiger partial charge on any atom is 0.173 e. The lowest BCUT2D eigenvalue weighted by atomic mass is 9.71. The standard InChI is InChI=1S/C16H21NO3/c1-15(2)10-12(14(19)16(3,4)17(15)20)13(18)11-8-6-5-7-9-11/h5-9,12,20H,10H2,1-4H3. The molecule has 108 valence electrons. The summed E-state index contributed by atoms with van der Waals surface area (Å²) in [6.45, 7) is 6.99. The molecule has 1 N–H and O–H groups in total. The normalized spacial score (nSPS) is 25.4. The number of Topliss-reactive ketones (excluding diaryl/α,β-unsaturated/α-hetero) is 2. The van der Waals surface area contributed by atoms with Crippen LogP contribution in [-0.4, -0.2) is 32.9 Å². The van der Waals surface area contributed by atoms with E-state index in [0.717, 1.165) is 5.06 Å². The molecule has 0 saturated carbocycles. The number of hydroxylamine groups is 2. The van der Waals surface area contributed by atoms with Crippen LogP contribution in [0.1, 0.15) is 44.5 Å². The highest BCUT2D eigenvalue weighted by molar-refractivity contribution is 6.13. The van der Waals surface area contributed by atoms with Crippen molar-refractivity contribution in [2.45, 2.75) is 45.2 Å². The molecule has 0 aromatic heterocycles. The quantitative estimate of drug-likeness (QED) is 0.666. The zero-order valence-electron chi connectivity index (χ0n) is 12.4. The van der Waals surface area contributed by atoms with Crippen LogP contribution in [0.2, 0.25) is 0 Å². The first-order valence-corrected chi connectivity index (χ1v) is 6.81. The van der Waals surface area contributed by atoms with Gasteiger partial charge in [0, 0.05) is 11.1 Å². The van der Waals surface area contributed by atoms with E-state index in [1.165, 1.54) is 0 Å². The van der Waals surface area contributed by atoms with E-state index in [1.807, 2.05) is 19.9 Å². The van der Waals surface area contributed by atoms with Crippen molar-refractivity contribution in [3.05, 3.63) is 35.9 Å². The molecule has 1 heterocycles. The highest BCUT2D eigenvalue weighted by Crippen LogP contribution is 2.38. The predicted octanol–water partition coefficient (Wildman–Crippen LogP) is 2.71. The van der Waals surface area contributed by atoms with Gasteiger partial charge in [0.2, 0.25) is 0 Å². The van der Waals surface area contributed by atoms with Crippen molar-refractivity contribution < 1.29 is 14.8 Å². The SMILES string of the molecule is CC1(C)CC(C(=O)c2ccccc2)C(=O)C(C)(C)N1O. The second-order valence-electron chi connectivity index (χ2n) is 6.53. The molecule has 1 atom stereocenters. The van der Waals surface area contributed by atoms with Crippen LogP contribution in [0.3, 0.4) is 0 Å². The van der Waals surface area contributed by atoms with E-state index < -0.39 is 17.0 Å². The monoisotopic (exact) mass is 275 g/mol. The number of ketones is 2. The molecule has 0 aliphatic carbocycles. The molecule has 1 saturated heterocycles. The van der Waals surface area contributed by atoms with E-state index in [9.17, 15) is 14.8 Å². The first kappa shape index (κ1) is 14.9. The van der Waals surface area contributed by atoms with Gasteiger partial charge in [-0.1, -0.05) is 30.3 Å².